The maximum Gasteiger partial charge on any atom is 0.174 e. The molecule has 0 saturated carbocycles. The summed E-state index contributed by atoms with van der Waals surface area (Å²) < 4.78 is 7.75. The number of anilines is 1. The zero-order valence-corrected chi connectivity index (χ0v) is 15.4. The van der Waals surface area contributed by atoms with Gasteiger partial charge in [0.25, 0.3) is 0 Å². The van der Waals surface area contributed by atoms with Gasteiger partial charge in [0.15, 0.2) is 5.11 Å². The van der Waals surface area contributed by atoms with Crippen LogP contribution in [0.4, 0.5) is 5.69 Å². The fourth-order valence-electron chi connectivity index (χ4n) is 3.52. The standard InChI is InChI=1S/C21H21N3OS/c1-25-19-12-6-5-10-17(19)22-21(26)24-15-14-23-13-7-11-18(23)20(24)16-8-3-2-4-9-16/h2-13,20H,14-15H2,1H3,(H,22,26)/t20-/m0/s1. The Labute approximate surface area is 159 Å². The SMILES string of the molecule is COc1ccccc1NC(=S)N1CCn2cccc2[C@@H]1c1ccccc1. The van der Waals surface area contributed by atoms with E-state index < -0.39 is 0 Å². The van der Waals surface area contributed by atoms with Crippen molar-refractivity contribution < 1.29 is 4.74 Å². The van der Waals surface area contributed by atoms with Gasteiger partial charge in [0.2, 0.25) is 0 Å². The van der Waals surface area contributed by atoms with E-state index in [1.165, 1.54) is 11.3 Å². The van der Waals surface area contributed by atoms with Crippen LogP contribution in [-0.2, 0) is 6.54 Å². The molecule has 0 amide bonds. The normalized spacial score (nSPS) is 16.0. The molecule has 4 nitrogen and oxygen atoms in total. The van der Waals surface area contributed by atoms with Crippen molar-refractivity contribution in [1.82, 2.24) is 9.47 Å². The lowest BCUT2D eigenvalue weighted by molar-refractivity contribution is 0.293. The molecule has 2 aromatic carbocycles. The van der Waals surface area contributed by atoms with Crippen molar-refractivity contribution in [2.45, 2.75) is 12.6 Å². The monoisotopic (exact) mass is 363 g/mol. The minimum atomic E-state index is 0.0923. The molecule has 1 aliphatic rings. The van der Waals surface area contributed by atoms with E-state index >= 15 is 0 Å². The molecule has 0 fully saturated rings. The summed E-state index contributed by atoms with van der Waals surface area (Å²) in [6.45, 7) is 1.77. The Balaban J connectivity index is 1.67. The molecule has 1 aliphatic heterocycles. The van der Waals surface area contributed by atoms with Gasteiger partial charge in [0.05, 0.1) is 18.8 Å². The number of fused-ring (bicyclic) bond motifs is 1. The van der Waals surface area contributed by atoms with E-state index in [2.05, 4.69) is 57.4 Å². The topological polar surface area (TPSA) is 29.4 Å². The summed E-state index contributed by atoms with van der Waals surface area (Å²) in [7, 11) is 1.67. The van der Waals surface area contributed by atoms with Gasteiger partial charge < -0.3 is 19.5 Å². The molecular formula is C21H21N3OS. The zero-order chi connectivity index (χ0) is 17.9. The van der Waals surface area contributed by atoms with Crippen LogP contribution in [0.15, 0.2) is 72.9 Å². The number of para-hydroxylation sites is 2. The first-order chi connectivity index (χ1) is 12.8. The fraction of sp³-hybridized carbons (Fsp3) is 0.190. The van der Waals surface area contributed by atoms with Gasteiger partial charge in [0.1, 0.15) is 5.75 Å². The quantitative estimate of drug-likeness (QED) is 0.703. The molecule has 3 aromatic rings. The Kier molecular flexibility index (Phi) is 4.63. The summed E-state index contributed by atoms with van der Waals surface area (Å²) >= 11 is 5.79. The molecule has 0 bridgehead atoms. The Bertz CT molecular complexity index is 906. The second kappa shape index (κ2) is 7.22. The third-order valence-corrected chi connectivity index (χ3v) is 5.10. The number of thiocarbonyl (C=S) groups is 1. The highest BCUT2D eigenvalue weighted by atomic mass is 32.1. The summed E-state index contributed by atoms with van der Waals surface area (Å²) in [5.41, 5.74) is 3.37. The molecule has 132 valence electrons. The number of methoxy groups -OCH3 is 1. The lowest BCUT2D eigenvalue weighted by Crippen LogP contribution is -2.44. The Morgan fingerprint density at radius 1 is 1.00 bits per heavy atom. The number of benzene rings is 2. The van der Waals surface area contributed by atoms with Crippen molar-refractivity contribution in [2.75, 3.05) is 19.0 Å². The van der Waals surface area contributed by atoms with Crippen LogP contribution >= 0.6 is 12.2 Å². The molecule has 1 atom stereocenters. The number of nitrogens with zero attached hydrogens (tertiary/aromatic N) is 2. The summed E-state index contributed by atoms with van der Waals surface area (Å²) in [4.78, 5) is 2.26. The van der Waals surface area contributed by atoms with Crippen LogP contribution in [0.25, 0.3) is 0 Å². The van der Waals surface area contributed by atoms with Crippen molar-refractivity contribution in [3.8, 4) is 5.75 Å². The number of ether oxygens (including phenoxy) is 1. The van der Waals surface area contributed by atoms with Gasteiger partial charge >= 0.3 is 0 Å². The smallest absolute Gasteiger partial charge is 0.174 e. The van der Waals surface area contributed by atoms with Gasteiger partial charge in [-0.05, 0) is 42.0 Å². The molecule has 1 aromatic heterocycles. The molecule has 5 heteroatoms. The fourth-order valence-corrected chi connectivity index (χ4v) is 3.83. The van der Waals surface area contributed by atoms with Crippen LogP contribution < -0.4 is 10.1 Å². The van der Waals surface area contributed by atoms with Crippen molar-refractivity contribution in [3.63, 3.8) is 0 Å². The highest BCUT2D eigenvalue weighted by Crippen LogP contribution is 2.33. The highest BCUT2D eigenvalue weighted by molar-refractivity contribution is 7.80. The van der Waals surface area contributed by atoms with Gasteiger partial charge in [0, 0.05) is 25.0 Å². The zero-order valence-electron chi connectivity index (χ0n) is 14.6. The maximum absolute atomic E-state index is 5.79. The molecule has 0 unspecified atom stereocenters. The van der Waals surface area contributed by atoms with Crippen molar-refractivity contribution in [2.24, 2.45) is 0 Å². The molecule has 2 heterocycles. The third-order valence-electron chi connectivity index (χ3n) is 4.76. The van der Waals surface area contributed by atoms with E-state index in [-0.39, 0.29) is 6.04 Å². The van der Waals surface area contributed by atoms with Gasteiger partial charge in [-0.3, -0.25) is 0 Å². The van der Waals surface area contributed by atoms with Gasteiger partial charge in [-0.25, -0.2) is 0 Å². The van der Waals surface area contributed by atoms with Crippen LogP contribution in [0.3, 0.4) is 0 Å². The highest BCUT2D eigenvalue weighted by Gasteiger charge is 2.30. The molecule has 0 spiro atoms. The average molecular weight is 363 g/mol. The van der Waals surface area contributed by atoms with Crippen molar-refractivity contribution in [3.05, 3.63) is 84.2 Å². The summed E-state index contributed by atoms with van der Waals surface area (Å²) in [6.07, 6.45) is 2.14. The van der Waals surface area contributed by atoms with E-state index in [1.807, 2.05) is 30.3 Å². The Morgan fingerprint density at radius 3 is 2.58 bits per heavy atom. The second-order valence-electron chi connectivity index (χ2n) is 6.26. The number of nitrogens with one attached hydrogen (secondary N) is 1. The number of aromatic nitrogens is 1. The van der Waals surface area contributed by atoms with Crippen LogP contribution in [0, 0.1) is 0 Å². The molecule has 1 N–H and O–H groups in total. The average Bonchev–Trinajstić information content (AvgIpc) is 3.17. The predicted octanol–water partition coefficient (Wildman–Crippen LogP) is 4.30. The van der Waals surface area contributed by atoms with Gasteiger partial charge in [-0.15, -0.1) is 0 Å². The summed E-state index contributed by atoms with van der Waals surface area (Å²) in [5.74, 6) is 0.784. The first-order valence-corrected chi connectivity index (χ1v) is 9.09. The van der Waals surface area contributed by atoms with Crippen LogP contribution in [0.2, 0.25) is 0 Å². The molecule has 4 rings (SSSR count). The van der Waals surface area contributed by atoms with E-state index in [0.717, 1.165) is 24.5 Å². The van der Waals surface area contributed by atoms with E-state index in [0.29, 0.717) is 5.11 Å². The van der Waals surface area contributed by atoms with Gasteiger partial charge in [-0.2, -0.15) is 0 Å². The minimum Gasteiger partial charge on any atom is -0.495 e. The lowest BCUT2D eigenvalue weighted by Gasteiger charge is -2.39. The number of hydrogen-bond donors (Lipinski definition) is 1. The van der Waals surface area contributed by atoms with Gasteiger partial charge in [-0.1, -0.05) is 42.5 Å². The third kappa shape index (κ3) is 3.06. The minimum absolute atomic E-state index is 0.0923. The van der Waals surface area contributed by atoms with Crippen molar-refractivity contribution >= 4 is 23.0 Å². The first-order valence-electron chi connectivity index (χ1n) is 8.68. The lowest BCUT2D eigenvalue weighted by atomic mass is 10.0. The molecular weight excluding hydrogens is 342 g/mol. The van der Waals surface area contributed by atoms with E-state index in [4.69, 9.17) is 17.0 Å². The second-order valence-corrected chi connectivity index (χ2v) is 6.65. The molecule has 26 heavy (non-hydrogen) atoms. The van der Waals surface area contributed by atoms with Crippen LogP contribution in [-0.4, -0.2) is 28.2 Å². The Morgan fingerprint density at radius 2 is 1.77 bits per heavy atom. The Hall–Kier alpha value is -2.79. The van der Waals surface area contributed by atoms with E-state index in [9.17, 15) is 0 Å². The predicted molar refractivity (Wildman–Crippen MR) is 109 cm³/mol. The van der Waals surface area contributed by atoms with Crippen LogP contribution in [0.5, 0.6) is 5.75 Å². The van der Waals surface area contributed by atoms with Crippen molar-refractivity contribution in [1.29, 1.82) is 0 Å². The summed E-state index contributed by atoms with van der Waals surface area (Å²) in [5, 5.41) is 4.08. The molecule has 0 aliphatic carbocycles. The number of rotatable bonds is 3. The number of hydrogen-bond acceptors (Lipinski definition) is 2. The largest absolute Gasteiger partial charge is 0.495 e. The summed E-state index contributed by atoms with van der Waals surface area (Å²) in [6, 6.07) is 22.7. The van der Waals surface area contributed by atoms with Crippen LogP contribution in [0.1, 0.15) is 17.3 Å². The molecule has 0 radical (unpaired) electrons. The molecule has 0 saturated heterocycles. The van der Waals surface area contributed by atoms with E-state index in [1.54, 1.807) is 7.11 Å². The first kappa shape index (κ1) is 16.7. The maximum atomic E-state index is 5.79.